The summed E-state index contributed by atoms with van der Waals surface area (Å²) in [5.74, 6) is 0.177. The largest absolute Gasteiger partial charge is 0.378 e. The Bertz CT molecular complexity index is 178. The highest BCUT2D eigenvalue weighted by Crippen LogP contribution is 2.14. The third kappa shape index (κ3) is 3.54. The fourth-order valence-corrected chi connectivity index (χ4v) is 1.68. The monoisotopic (exact) mass is 204 g/mol. The summed E-state index contributed by atoms with van der Waals surface area (Å²) in [6.07, 6.45) is 0.556. The third-order valence-electron chi connectivity index (χ3n) is 1.96. The molecule has 2 N–H and O–H groups in total. The van der Waals surface area contributed by atoms with E-state index in [-0.39, 0.29) is 11.2 Å². The summed E-state index contributed by atoms with van der Waals surface area (Å²) < 4.78 is 5.18. The van der Waals surface area contributed by atoms with E-state index in [1.807, 2.05) is 0 Å². The number of nitrogens with two attached hydrogens (primary N) is 1. The molecule has 0 bridgehead atoms. The van der Waals surface area contributed by atoms with Gasteiger partial charge in [0.15, 0.2) is 0 Å². The summed E-state index contributed by atoms with van der Waals surface area (Å²) in [6.45, 7) is 3.07. The molecule has 4 nitrogen and oxygen atoms in total. The molecule has 1 atom stereocenters. The van der Waals surface area contributed by atoms with Crippen molar-refractivity contribution in [1.82, 2.24) is 4.90 Å². The Hall–Kier alpha value is -0.260. The first-order valence-corrected chi connectivity index (χ1v) is 4.99. The van der Waals surface area contributed by atoms with Crippen LogP contribution in [0.2, 0.25) is 0 Å². The summed E-state index contributed by atoms with van der Waals surface area (Å²) in [7, 11) is 0. The number of ether oxygens (including phenoxy) is 1. The van der Waals surface area contributed by atoms with Crippen molar-refractivity contribution in [1.29, 1.82) is 0 Å². The molecule has 5 heteroatoms. The van der Waals surface area contributed by atoms with Crippen molar-refractivity contribution in [2.45, 2.75) is 11.7 Å². The van der Waals surface area contributed by atoms with E-state index < -0.39 is 0 Å². The highest BCUT2D eigenvalue weighted by Gasteiger charge is 2.26. The predicted octanol–water partition coefficient (Wildman–Crippen LogP) is -0.508. The second-order valence-electron chi connectivity index (χ2n) is 3.10. The van der Waals surface area contributed by atoms with Crippen molar-refractivity contribution in [3.8, 4) is 0 Å². The number of hydrogen-bond acceptors (Lipinski definition) is 4. The molecule has 0 aromatic rings. The third-order valence-corrected chi connectivity index (χ3v) is 2.31. The molecule has 1 aliphatic heterocycles. The molecular weight excluding hydrogens is 188 g/mol. The van der Waals surface area contributed by atoms with Gasteiger partial charge in [-0.2, -0.15) is 12.6 Å². The van der Waals surface area contributed by atoms with Gasteiger partial charge in [0.1, 0.15) is 0 Å². The van der Waals surface area contributed by atoms with Crippen molar-refractivity contribution < 1.29 is 9.53 Å². The van der Waals surface area contributed by atoms with Gasteiger partial charge in [0.05, 0.1) is 13.2 Å². The predicted molar refractivity (Wildman–Crippen MR) is 53.8 cm³/mol. The van der Waals surface area contributed by atoms with Gasteiger partial charge in [-0.3, -0.25) is 4.79 Å². The molecule has 1 aliphatic rings. The van der Waals surface area contributed by atoms with E-state index in [1.54, 1.807) is 4.90 Å². The lowest BCUT2D eigenvalue weighted by atomic mass is 10.4. The van der Waals surface area contributed by atoms with Crippen LogP contribution < -0.4 is 5.73 Å². The zero-order chi connectivity index (χ0) is 9.68. The van der Waals surface area contributed by atoms with E-state index in [9.17, 15) is 4.79 Å². The van der Waals surface area contributed by atoms with Gasteiger partial charge in [0.2, 0.25) is 5.91 Å². The second-order valence-corrected chi connectivity index (χ2v) is 3.83. The molecule has 0 spiro atoms. The van der Waals surface area contributed by atoms with Crippen molar-refractivity contribution in [3.05, 3.63) is 0 Å². The molecule has 0 aromatic carbocycles. The first-order valence-electron chi connectivity index (χ1n) is 4.47. The summed E-state index contributed by atoms with van der Waals surface area (Å²) in [6, 6.07) is 0. The molecule has 0 aromatic heterocycles. The van der Waals surface area contributed by atoms with E-state index in [4.69, 9.17) is 10.5 Å². The smallest absolute Gasteiger partial charge is 0.223 e. The van der Waals surface area contributed by atoms with Crippen LogP contribution in [0.1, 0.15) is 6.42 Å². The maximum Gasteiger partial charge on any atom is 0.223 e. The van der Waals surface area contributed by atoms with Crippen molar-refractivity contribution in [3.63, 3.8) is 0 Å². The van der Waals surface area contributed by atoms with Gasteiger partial charge < -0.3 is 15.4 Å². The molecule has 0 aliphatic carbocycles. The topological polar surface area (TPSA) is 55.6 Å². The summed E-state index contributed by atoms with van der Waals surface area (Å²) >= 11 is 4.25. The van der Waals surface area contributed by atoms with Gasteiger partial charge in [-0.05, 0) is 0 Å². The van der Waals surface area contributed by atoms with Crippen LogP contribution in [0.4, 0.5) is 0 Å². The highest BCUT2D eigenvalue weighted by molar-refractivity contribution is 7.81. The molecule has 13 heavy (non-hydrogen) atoms. The molecule has 1 rings (SSSR count). The Labute approximate surface area is 83.8 Å². The standard InChI is InChI=1S/C8H16N2O2S/c9-1-3-12-4-2-10-6-7(13)5-8(10)11/h7,13H,1-6,9H2. The van der Waals surface area contributed by atoms with Crippen LogP contribution >= 0.6 is 12.6 Å². The number of hydrogen-bond donors (Lipinski definition) is 2. The molecular formula is C8H16N2O2S. The van der Waals surface area contributed by atoms with Crippen LogP contribution in [0.5, 0.6) is 0 Å². The van der Waals surface area contributed by atoms with Gasteiger partial charge in [-0.1, -0.05) is 0 Å². The lowest BCUT2D eigenvalue weighted by Crippen LogP contribution is -2.29. The van der Waals surface area contributed by atoms with Crippen LogP contribution in [-0.2, 0) is 9.53 Å². The van der Waals surface area contributed by atoms with E-state index in [1.165, 1.54) is 0 Å². The van der Waals surface area contributed by atoms with E-state index >= 15 is 0 Å². The summed E-state index contributed by atoms with van der Waals surface area (Å²) in [5.41, 5.74) is 5.25. The molecule has 76 valence electrons. The first-order chi connectivity index (χ1) is 6.24. The fraction of sp³-hybridized carbons (Fsp3) is 0.875. The Morgan fingerprint density at radius 1 is 1.62 bits per heavy atom. The zero-order valence-corrected chi connectivity index (χ0v) is 8.50. The molecule has 1 heterocycles. The number of rotatable bonds is 5. The molecule has 0 saturated carbocycles. The van der Waals surface area contributed by atoms with Crippen molar-refractivity contribution >= 4 is 18.5 Å². The average molecular weight is 204 g/mol. The van der Waals surface area contributed by atoms with Crippen molar-refractivity contribution in [2.24, 2.45) is 5.73 Å². The first kappa shape index (κ1) is 10.8. The van der Waals surface area contributed by atoms with Gasteiger partial charge in [-0.15, -0.1) is 0 Å². The number of nitrogens with zero attached hydrogens (tertiary/aromatic N) is 1. The average Bonchev–Trinajstić information content (AvgIpc) is 2.39. The fourth-order valence-electron chi connectivity index (χ4n) is 1.33. The van der Waals surface area contributed by atoms with Gasteiger partial charge in [-0.25, -0.2) is 0 Å². The second kappa shape index (κ2) is 5.47. The quantitative estimate of drug-likeness (QED) is 0.468. The van der Waals surface area contributed by atoms with Crippen molar-refractivity contribution in [2.75, 3.05) is 32.8 Å². The molecule has 0 radical (unpaired) electrons. The Balaban J connectivity index is 2.11. The maximum atomic E-state index is 11.2. The minimum atomic E-state index is 0.177. The summed E-state index contributed by atoms with van der Waals surface area (Å²) in [4.78, 5) is 13.0. The van der Waals surface area contributed by atoms with Gasteiger partial charge >= 0.3 is 0 Å². The molecule has 1 amide bonds. The Morgan fingerprint density at radius 2 is 2.38 bits per heavy atom. The van der Waals surface area contributed by atoms with Crippen LogP contribution in [0, 0.1) is 0 Å². The zero-order valence-electron chi connectivity index (χ0n) is 7.61. The lowest BCUT2D eigenvalue weighted by molar-refractivity contribution is -0.128. The number of likely N-dealkylation sites (tertiary alicyclic amines) is 1. The molecule has 1 unspecified atom stereocenters. The van der Waals surface area contributed by atoms with Gasteiger partial charge in [0, 0.05) is 31.3 Å². The normalized spacial score (nSPS) is 22.8. The van der Waals surface area contributed by atoms with Crippen LogP contribution in [-0.4, -0.2) is 48.9 Å². The number of thiol groups is 1. The maximum absolute atomic E-state index is 11.2. The Morgan fingerprint density at radius 3 is 2.92 bits per heavy atom. The molecule has 1 saturated heterocycles. The number of amides is 1. The Kier molecular flexibility index (Phi) is 4.55. The number of carbonyl (C=O) groups excluding carboxylic acids is 1. The minimum Gasteiger partial charge on any atom is -0.378 e. The summed E-state index contributed by atoms with van der Waals surface area (Å²) in [5, 5.41) is 0.196. The lowest BCUT2D eigenvalue weighted by Gasteiger charge is -2.15. The van der Waals surface area contributed by atoms with E-state index in [0.717, 1.165) is 6.54 Å². The van der Waals surface area contributed by atoms with Gasteiger partial charge in [0.25, 0.3) is 0 Å². The van der Waals surface area contributed by atoms with E-state index in [2.05, 4.69) is 12.6 Å². The number of carbonyl (C=O) groups is 1. The van der Waals surface area contributed by atoms with Crippen LogP contribution in [0.25, 0.3) is 0 Å². The van der Waals surface area contributed by atoms with Crippen LogP contribution in [0.3, 0.4) is 0 Å². The highest BCUT2D eigenvalue weighted by atomic mass is 32.1. The van der Waals surface area contributed by atoms with Crippen LogP contribution in [0.15, 0.2) is 0 Å². The van der Waals surface area contributed by atoms with E-state index in [0.29, 0.717) is 32.7 Å². The minimum absolute atomic E-state index is 0.177. The molecule has 1 fully saturated rings. The SMILES string of the molecule is NCCOCCN1CC(S)CC1=O.